The van der Waals surface area contributed by atoms with Crippen LogP contribution in [0.5, 0.6) is 0 Å². The summed E-state index contributed by atoms with van der Waals surface area (Å²) in [4.78, 5) is 11.2. The van der Waals surface area contributed by atoms with E-state index in [1.165, 1.54) is 0 Å². The maximum absolute atomic E-state index is 11.2. The van der Waals surface area contributed by atoms with Crippen LogP contribution < -0.4 is 11.1 Å². The minimum Gasteiger partial charge on any atom is -0.389 e. The average molecular weight is 188 g/mol. The van der Waals surface area contributed by atoms with Crippen LogP contribution in [0.4, 0.5) is 0 Å². The smallest absolute Gasteiger partial charge is 0.221 e. The molecule has 0 aliphatic heterocycles. The predicted octanol–water partition coefficient (Wildman–Crippen LogP) is 0.000900. The molecule has 0 saturated carbocycles. The molecule has 13 heavy (non-hydrogen) atoms. The molecule has 0 bridgehead atoms. The Morgan fingerprint density at radius 2 is 2.15 bits per heavy atom. The summed E-state index contributed by atoms with van der Waals surface area (Å²) in [5, 5.41) is 11.9. The molecule has 0 saturated heterocycles. The molecule has 0 radical (unpaired) electrons. The van der Waals surface area contributed by atoms with Gasteiger partial charge in [0, 0.05) is 19.0 Å². The van der Waals surface area contributed by atoms with Gasteiger partial charge in [-0.25, -0.2) is 0 Å². The van der Waals surface area contributed by atoms with Gasteiger partial charge < -0.3 is 16.2 Å². The molecule has 0 heterocycles. The van der Waals surface area contributed by atoms with Crippen LogP contribution in [0.1, 0.15) is 33.6 Å². The van der Waals surface area contributed by atoms with Crippen molar-refractivity contribution in [2.75, 3.05) is 6.54 Å². The number of amides is 1. The van der Waals surface area contributed by atoms with Gasteiger partial charge in [-0.15, -0.1) is 0 Å². The first kappa shape index (κ1) is 12.4. The molecule has 1 atom stereocenters. The maximum Gasteiger partial charge on any atom is 0.221 e. The molecule has 0 aromatic carbocycles. The van der Waals surface area contributed by atoms with Gasteiger partial charge in [-0.2, -0.15) is 0 Å². The first-order chi connectivity index (χ1) is 5.85. The minimum atomic E-state index is -0.855. The summed E-state index contributed by atoms with van der Waals surface area (Å²) in [6, 6.07) is -0.0817. The van der Waals surface area contributed by atoms with E-state index in [-0.39, 0.29) is 18.5 Å². The average Bonchev–Trinajstić information content (AvgIpc) is 1.99. The molecule has 0 aliphatic carbocycles. The summed E-state index contributed by atoms with van der Waals surface area (Å²) in [7, 11) is 0. The third kappa shape index (κ3) is 7.74. The Bertz CT molecular complexity index is 163. The van der Waals surface area contributed by atoms with E-state index in [0.717, 1.165) is 6.42 Å². The lowest BCUT2D eigenvalue weighted by molar-refractivity contribution is -0.122. The van der Waals surface area contributed by atoms with Crippen LogP contribution >= 0.6 is 0 Å². The summed E-state index contributed by atoms with van der Waals surface area (Å²) < 4.78 is 0. The Labute approximate surface area is 79.5 Å². The quantitative estimate of drug-likeness (QED) is 0.568. The molecule has 1 unspecified atom stereocenters. The lowest BCUT2D eigenvalue weighted by atomic mass is 10.1. The minimum absolute atomic E-state index is 0.0817. The summed E-state index contributed by atoms with van der Waals surface area (Å²) in [5.74, 6) is -0.100. The zero-order valence-electron chi connectivity index (χ0n) is 8.63. The number of rotatable bonds is 5. The van der Waals surface area contributed by atoms with E-state index < -0.39 is 5.60 Å². The molecule has 4 N–H and O–H groups in total. The van der Waals surface area contributed by atoms with Gasteiger partial charge in [0.25, 0.3) is 0 Å². The van der Waals surface area contributed by atoms with E-state index in [0.29, 0.717) is 6.42 Å². The van der Waals surface area contributed by atoms with Crippen molar-refractivity contribution in [3.8, 4) is 0 Å². The molecular weight excluding hydrogens is 168 g/mol. The Kier molecular flexibility index (Phi) is 4.95. The van der Waals surface area contributed by atoms with Crippen LogP contribution in [-0.4, -0.2) is 29.2 Å². The Balaban J connectivity index is 3.64. The second-order valence-corrected chi connectivity index (χ2v) is 3.96. The lowest BCUT2D eigenvalue weighted by Gasteiger charge is -2.18. The number of hydrogen-bond donors (Lipinski definition) is 3. The first-order valence-electron chi connectivity index (χ1n) is 4.60. The van der Waals surface area contributed by atoms with Gasteiger partial charge in [0.1, 0.15) is 0 Å². The molecule has 4 heteroatoms. The SMILES string of the molecule is CCC(N)CC(=O)NCC(C)(C)O. The molecule has 0 spiro atoms. The fraction of sp³-hybridized carbons (Fsp3) is 0.889. The van der Waals surface area contributed by atoms with Gasteiger partial charge in [0.05, 0.1) is 5.60 Å². The van der Waals surface area contributed by atoms with Crippen molar-refractivity contribution >= 4 is 5.91 Å². The van der Waals surface area contributed by atoms with Gasteiger partial charge in [0.15, 0.2) is 0 Å². The topological polar surface area (TPSA) is 75.4 Å². The molecule has 0 aromatic heterocycles. The van der Waals surface area contributed by atoms with Gasteiger partial charge in [0.2, 0.25) is 5.91 Å². The molecule has 0 aliphatic rings. The van der Waals surface area contributed by atoms with Gasteiger partial charge in [-0.1, -0.05) is 6.92 Å². The predicted molar refractivity (Wildman–Crippen MR) is 52.2 cm³/mol. The maximum atomic E-state index is 11.2. The Morgan fingerprint density at radius 3 is 2.54 bits per heavy atom. The summed E-state index contributed by atoms with van der Waals surface area (Å²) in [6.45, 7) is 5.50. The largest absolute Gasteiger partial charge is 0.389 e. The van der Waals surface area contributed by atoms with E-state index in [1.807, 2.05) is 6.92 Å². The molecular formula is C9H20N2O2. The summed E-state index contributed by atoms with van der Waals surface area (Å²) in [6.07, 6.45) is 1.11. The van der Waals surface area contributed by atoms with Gasteiger partial charge in [-0.05, 0) is 20.3 Å². The lowest BCUT2D eigenvalue weighted by Crippen LogP contribution is -2.40. The van der Waals surface area contributed by atoms with Crippen LogP contribution in [0.2, 0.25) is 0 Å². The van der Waals surface area contributed by atoms with Crippen LogP contribution in [-0.2, 0) is 4.79 Å². The van der Waals surface area contributed by atoms with Crippen molar-refractivity contribution in [2.45, 2.75) is 45.3 Å². The summed E-state index contributed by atoms with van der Waals surface area (Å²) >= 11 is 0. The van der Waals surface area contributed by atoms with E-state index in [2.05, 4.69) is 5.32 Å². The fourth-order valence-corrected chi connectivity index (χ4v) is 0.770. The second-order valence-electron chi connectivity index (χ2n) is 3.96. The van der Waals surface area contributed by atoms with Crippen molar-refractivity contribution < 1.29 is 9.90 Å². The van der Waals surface area contributed by atoms with Crippen LogP contribution in [0, 0.1) is 0 Å². The Hall–Kier alpha value is -0.610. The third-order valence-electron chi connectivity index (χ3n) is 1.69. The standard InChI is InChI=1S/C9H20N2O2/c1-4-7(10)5-8(12)11-6-9(2,3)13/h7,13H,4-6,10H2,1-3H3,(H,11,12). The summed E-state index contributed by atoms with van der Waals surface area (Å²) in [5.41, 5.74) is 4.73. The molecule has 0 fully saturated rings. The molecule has 1 amide bonds. The molecule has 78 valence electrons. The monoisotopic (exact) mass is 188 g/mol. The highest BCUT2D eigenvalue weighted by atomic mass is 16.3. The zero-order valence-corrected chi connectivity index (χ0v) is 8.63. The van der Waals surface area contributed by atoms with Gasteiger partial charge in [-0.3, -0.25) is 4.79 Å². The van der Waals surface area contributed by atoms with E-state index in [1.54, 1.807) is 13.8 Å². The van der Waals surface area contributed by atoms with E-state index in [4.69, 9.17) is 5.73 Å². The van der Waals surface area contributed by atoms with Crippen LogP contribution in [0.25, 0.3) is 0 Å². The number of carbonyl (C=O) groups is 1. The van der Waals surface area contributed by atoms with Crippen molar-refractivity contribution in [1.29, 1.82) is 0 Å². The number of carbonyl (C=O) groups excluding carboxylic acids is 1. The normalized spacial score (nSPS) is 13.9. The van der Waals surface area contributed by atoms with E-state index >= 15 is 0 Å². The molecule has 4 nitrogen and oxygen atoms in total. The van der Waals surface area contributed by atoms with Gasteiger partial charge >= 0.3 is 0 Å². The highest BCUT2D eigenvalue weighted by Crippen LogP contribution is 1.98. The van der Waals surface area contributed by atoms with E-state index in [9.17, 15) is 9.90 Å². The van der Waals surface area contributed by atoms with Crippen molar-refractivity contribution in [1.82, 2.24) is 5.32 Å². The van der Waals surface area contributed by atoms with Crippen molar-refractivity contribution in [3.63, 3.8) is 0 Å². The highest BCUT2D eigenvalue weighted by molar-refractivity contribution is 5.76. The number of hydrogen-bond acceptors (Lipinski definition) is 3. The third-order valence-corrected chi connectivity index (χ3v) is 1.69. The molecule has 0 rings (SSSR count). The zero-order chi connectivity index (χ0) is 10.5. The second kappa shape index (κ2) is 5.19. The van der Waals surface area contributed by atoms with Crippen LogP contribution in [0.15, 0.2) is 0 Å². The van der Waals surface area contributed by atoms with Crippen molar-refractivity contribution in [2.24, 2.45) is 5.73 Å². The van der Waals surface area contributed by atoms with Crippen LogP contribution in [0.3, 0.4) is 0 Å². The number of nitrogens with two attached hydrogens (primary N) is 1. The molecule has 0 aromatic rings. The fourth-order valence-electron chi connectivity index (χ4n) is 0.770. The first-order valence-corrected chi connectivity index (χ1v) is 4.60. The number of nitrogens with one attached hydrogen (secondary N) is 1. The highest BCUT2D eigenvalue weighted by Gasteiger charge is 2.14. The van der Waals surface area contributed by atoms with Crippen molar-refractivity contribution in [3.05, 3.63) is 0 Å². The Morgan fingerprint density at radius 1 is 1.62 bits per heavy atom. The number of aliphatic hydroxyl groups is 1.